The molecule has 8 heteroatoms. The van der Waals surface area contributed by atoms with E-state index in [1.54, 1.807) is 24.3 Å². The molecule has 2 aliphatic rings. The van der Waals surface area contributed by atoms with E-state index in [-0.39, 0.29) is 18.1 Å². The van der Waals surface area contributed by atoms with Gasteiger partial charge >= 0.3 is 0 Å². The number of hydrogen-bond acceptors (Lipinski definition) is 6. The maximum Gasteiger partial charge on any atom is 0.226 e. The maximum atomic E-state index is 12.4. The van der Waals surface area contributed by atoms with Crippen molar-refractivity contribution < 1.29 is 13.2 Å². The second-order valence-corrected chi connectivity index (χ2v) is 11.2. The van der Waals surface area contributed by atoms with Gasteiger partial charge in [0, 0.05) is 12.8 Å². The van der Waals surface area contributed by atoms with Crippen LogP contribution in [0.25, 0.3) is 0 Å². The van der Waals surface area contributed by atoms with E-state index >= 15 is 0 Å². The van der Waals surface area contributed by atoms with Gasteiger partial charge < -0.3 is 5.32 Å². The number of carbonyl (C=O) groups is 1. The lowest BCUT2D eigenvalue weighted by Gasteiger charge is -2.20. The number of aromatic nitrogens is 2. The van der Waals surface area contributed by atoms with Crippen LogP contribution < -0.4 is 5.32 Å². The van der Waals surface area contributed by atoms with Crippen molar-refractivity contribution >= 4 is 32.2 Å². The highest BCUT2D eigenvalue weighted by atomic mass is 32.2. The first kappa shape index (κ1) is 19.5. The molecule has 1 aromatic heterocycles. The average Bonchev–Trinajstić information content (AvgIpc) is 3.37. The Hall–Kier alpha value is -1.80. The van der Waals surface area contributed by atoms with E-state index in [4.69, 9.17) is 0 Å². The lowest BCUT2D eigenvalue weighted by molar-refractivity contribution is -0.117. The molecule has 1 N–H and O–H groups in total. The number of aryl methyl sites for hydroxylation is 2. The van der Waals surface area contributed by atoms with Gasteiger partial charge in [-0.25, -0.2) is 8.42 Å². The fraction of sp³-hybridized carbons (Fsp3) is 0.550. The van der Waals surface area contributed by atoms with E-state index in [1.165, 1.54) is 37.0 Å². The van der Waals surface area contributed by atoms with Crippen LogP contribution in [0.5, 0.6) is 0 Å². The Bertz CT molecular complexity index is 953. The summed E-state index contributed by atoms with van der Waals surface area (Å²) in [6.07, 6.45) is 5.90. The second kappa shape index (κ2) is 7.91. The van der Waals surface area contributed by atoms with E-state index in [0.717, 1.165) is 11.5 Å². The van der Waals surface area contributed by atoms with Crippen LogP contribution in [-0.2, 0) is 21.1 Å². The normalized spacial score (nSPS) is 23.8. The van der Waals surface area contributed by atoms with Crippen LogP contribution in [0, 0.1) is 24.7 Å². The quantitative estimate of drug-likeness (QED) is 0.740. The van der Waals surface area contributed by atoms with Gasteiger partial charge in [0.15, 0.2) is 9.84 Å². The van der Waals surface area contributed by atoms with Gasteiger partial charge in [-0.15, -0.1) is 10.2 Å². The molecule has 1 amide bonds. The van der Waals surface area contributed by atoms with E-state index in [0.29, 0.717) is 33.3 Å². The van der Waals surface area contributed by atoms with Gasteiger partial charge in [-0.05, 0) is 56.1 Å². The summed E-state index contributed by atoms with van der Waals surface area (Å²) in [6.45, 7) is 1.92. The number of amides is 1. The minimum Gasteiger partial charge on any atom is -0.301 e. The van der Waals surface area contributed by atoms with E-state index in [1.807, 2.05) is 6.92 Å². The Morgan fingerprint density at radius 3 is 2.64 bits per heavy atom. The lowest BCUT2D eigenvalue weighted by atomic mass is 9.86. The molecular formula is C20H25N3O3S2. The van der Waals surface area contributed by atoms with Crippen molar-refractivity contribution in [2.45, 2.75) is 50.3 Å². The predicted molar refractivity (Wildman–Crippen MR) is 109 cm³/mol. The molecule has 4 rings (SSSR count). The minimum atomic E-state index is -3.36. The fourth-order valence-corrected chi connectivity index (χ4v) is 6.66. The first-order chi connectivity index (χ1) is 13.4. The topological polar surface area (TPSA) is 89.0 Å². The van der Waals surface area contributed by atoms with Crippen LogP contribution in [0.15, 0.2) is 29.2 Å². The van der Waals surface area contributed by atoms with Crippen molar-refractivity contribution in [2.75, 3.05) is 11.1 Å². The van der Waals surface area contributed by atoms with Gasteiger partial charge in [-0.1, -0.05) is 35.5 Å². The number of rotatable bonds is 7. The Balaban J connectivity index is 1.29. The van der Waals surface area contributed by atoms with E-state index in [2.05, 4.69) is 15.5 Å². The Kier molecular flexibility index (Phi) is 5.51. The van der Waals surface area contributed by atoms with Gasteiger partial charge in [0.1, 0.15) is 5.01 Å². The molecule has 1 heterocycles. The third-order valence-electron chi connectivity index (χ3n) is 6.01. The Morgan fingerprint density at radius 1 is 1.18 bits per heavy atom. The van der Waals surface area contributed by atoms with E-state index in [9.17, 15) is 13.2 Å². The summed E-state index contributed by atoms with van der Waals surface area (Å²) < 4.78 is 24.9. The van der Waals surface area contributed by atoms with Crippen molar-refractivity contribution in [3.05, 3.63) is 34.8 Å². The minimum absolute atomic E-state index is 0.00692. The molecule has 2 aromatic rings. The smallest absolute Gasteiger partial charge is 0.226 e. The summed E-state index contributed by atoms with van der Waals surface area (Å²) in [5, 5.41) is 12.0. The molecule has 1 aromatic carbocycles. The fourth-order valence-electron chi connectivity index (χ4n) is 4.53. The van der Waals surface area contributed by atoms with Crippen molar-refractivity contribution in [1.82, 2.24) is 10.2 Å². The number of sulfone groups is 1. The third kappa shape index (κ3) is 4.43. The van der Waals surface area contributed by atoms with Crippen molar-refractivity contribution in [3.63, 3.8) is 0 Å². The predicted octanol–water partition coefficient (Wildman–Crippen LogP) is 3.63. The summed E-state index contributed by atoms with van der Waals surface area (Å²) in [5.41, 5.74) is 1.02. The summed E-state index contributed by atoms with van der Waals surface area (Å²) in [4.78, 5) is 12.6. The van der Waals surface area contributed by atoms with Gasteiger partial charge in [0.2, 0.25) is 11.0 Å². The number of nitrogens with zero attached hydrogens (tertiary/aromatic N) is 2. The highest BCUT2D eigenvalue weighted by Gasteiger charge is 2.40. The summed E-state index contributed by atoms with van der Waals surface area (Å²) in [7, 11) is -3.36. The van der Waals surface area contributed by atoms with Crippen LogP contribution in [0.4, 0.5) is 5.13 Å². The molecule has 3 atom stereocenters. The molecule has 150 valence electrons. The molecule has 2 fully saturated rings. The number of benzene rings is 1. The SMILES string of the molecule is Cc1ccc(S(=O)(=O)CCc2nnc(NC(=O)C[C@@H]3C[C@H]4CC[C@@H]3C4)s2)cc1. The number of anilines is 1. The molecule has 28 heavy (non-hydrogen) atoms. The van der Waals surface area contributed by atoms with Crippen LogP contribution >= 0.6 is 11.3 Å². The molecule has 2 saturated carbocycles. The summed E-state index contributed by atoms with van der Waals surface area (Å²) in [5.74, 6) is 2.02. The molecule has 2 aliphatic carbocycles. The highest BCUT2D eigenvalue weighted by Crippen LogP contribution is 2.49. The molecule has 0 saturated heterocycles. The molecule has 2 bridgehead atoms. The van der Waals surface area contributed by atoms with Gasteiger partial charge in [-0.2, -0.15) is 0 Å². The lowest BCUT2D eigenvalue weighted by Crippen LogP contribution is -2.20. The molecular weight excluding hydrogens is 394 g/mol. The summed E-state index contributed by atoms with van der Waals surface area (Å²) in [6, 6.07) is 6.85. The standard InChI is InChI=1S/C20H25N3O3S2/c1-13-2-6-17(7-3-13)28(25,26)9-8-19-22-23-20(27-19)21-18(24)12-16-11-14-4-5-15(16)10-14/h2-3,6-7,14-16H,4-5,8-12H2,1H3,(H,21,23,24)/t14-,15+,16-/m0/s1. The number of carbonyl (C=O) groups excluding carboxylic acids is 1. The zero-order chi connectivity index (χ0) is 19.7. The van der Waals surface area contributed by atoms with Gasteiger partial charge in [0.05, 0.1) is 10.6 Å². The van der Waals surface area contributed by atoms with Crippen LogP contribution in [-0.4, -0.2) is 30.3 Å². The number of hydrogen-bond donors (Lipinski definition) is 1. The Morgan fingerprint density at radius 2 is 1.96 bits per heavy atom. The molecule has 0 radical (unpaired) electrons. The summed E-state index contributed by atoms with van der Waals surface area (Å²) >= 11 is 1.25. The zero-order valence-electron chi connectivity index (χ0n) is 15.9. The monoisotopic (exact) mass is 419 g/mol. The average molecular weight is 420 g/mol. The van der Waals surface area contributed by atoms with Gasteiger partial charge in [0.25, 0.3) is 0 Å². The number of nitrogens with one attached hydrogen (secondary N) is 1. The first-order valence-electron chi connectivity index (χ1n) is 9.81. The molecule has 0 unspecified atom stereocenters. The van der Waals surface area contributed by atoms with Crippen molar-refractivity contribution in [2.24, 2.45) is 17.8 Å². The largest absolute Gasteiger partial charge is 0.301 e. The van der Waals surface area contributed by atoms with Crippen LogP contribution in [0.2, 0.25) is 0 Å². The number of fused-ring (bicyclic) bond motifs is 2. The Labute approximate surface area is 169 Å². The van der Waals surface area contributed by atoms with Gasteiger partial charge in [-0.3, -0.25) is 4.79 Å². The van der Waals surface area contributed by atoms with E-state index < -0.39 is 9.84 Å². The van der Waals surface area contributed by atoms with Crippen molar-refractivity contribution in [3.8, 4) is 0 Å². The van der Waals surface area contributed by atoms with Crippen LogP contribution in [0.3, 0.4) is 0 Å². The molecule has 0 aliphatic heterocycles. The third-order valence-corrected chi connectivity index (χ3v) is 8.64. The second-order valence-electron chi connectivity index (χ2n) is 8.07. The molecule has 0 spiro atoms. The van der Waals surface area contributed by atoms with Crippen molar-refractivity contribution in [1.29, 1.82) is 0 Å². The zero-order valence-corrected chi connectivity index (χ0v) is 17.6. The van der Waals surface area contributed by atoms with Crippen LogP contribution in [0.1, 0.15) is 42.7 Å². The maximum absolute atomic E-state index is 12.4. The highest BCUT2D eigenvalue weighted by molar-refractivity contribution is 7.91. The molecule has 6 nitrogen and oxygen atoms in total. The first-order valence-corrected chi connectivity index (χ1v) is 12.3.